The van der Waals surface area contributed by atoms with Gasteiger partial charge in [-0.25, -0.2) is 8.78 Å². The molecule has 1 aliphatic rings. The third-order valence-electron chi connectivity index (χ3n) is 5.09. The largest absolute Gasteiger partial charge is 0.353 e. The van der Waals surface area contributed by atoms with Gasteiger partial charge < -0.3 is 10.6 Å². The Balaban J connectivity index is 1.34. The van der Waals surface area contributed by atoms with Gasteiger partial charge in [0.05, 0.1) is 0 Å². The molecule has 0 aliphatic carbocycles. The first-order valence-corrected chi connectivity index (χ1v) is 10.7. The van der Waals surface area contributed by atoms with E-state index in [4.69, 9.17) is 0 Å². The average molecular weight is 480 g/mol. The smallest absolute Gasteiger partial charge is 0.251 e. The van der Waals surface area contributed by atoms with Crippen LogP contribution in [-0.2, 0) is 11.3 Å². The first-order chi connectivity index (χ1) is 14.4. The minimum absolute atomic E-state index is 0.0841. The number of nitrogens with zero attached hydrogens (tertiary/aromatic N) is 1. The van der Waals surface area contributed by atoms with Crippen molar-refractivity contribution >= 4 is 27.7 Å². The predicted molar refractivity (Wildman–Crippen MR) is 114 cm³/mol. The van der Waals surface area contributed by atoms with E-state index < -0.39 is 11.6 Å². The molecule has 5 nitrogen and oxygen atoms in total. The number of halogens is 3. The normalized spacial score (nSPS) is 15.0. The van der Waals surface area contributed by atoms with Crippen LogP contribution in [0.3, 0.4) is 0 Å². The summed E-state index contributed by atoms with van der Waals surface area (Å²) in [5.41, 5.74) is 1.28. The van der Waals surface area contributed by atoms with E-state index in [0.717, 1.165) is 42.0 Å². The zero-order chi connectivity index (χ0) is 21.5. The highest BCUT2D eigenvalue weighted by atomic mass is 79.9. The number of hydrogen-bond donors (Lipinski definition) is 2. The Bertz CT molecular complexity index is 884. The van der Waals surface area contributed by atoms with Crippen molar-refractivity contribution in [3.05, 3.63) is 69.7 Å². The van der Waals surface area contributed by atoms with Crippen LogP contribution in [0.2, 0.25) is 0 Å². The fraction of sp³-hybridized carbons (Fsp3) is 0.364. The van der Waals surface area contributed by atoms with Gasteiger partial charge in [0.1, 0.15) is 0 Å². The molecule has 0 unspecified atom stereocenters. The summed E-state index contributed by atoms with van der Waals surface area (Å²) in [6.07, 6.45) is 1.80. The first kappa shape index (κ1) is 22.4. The summed E-state index contributed by atoms with van der Waals surface area (Å²) < 4.78 is 27.3. The molecule has 3 rings (SSSR count). The summed E-state index contributed by atoms with van der Waals surface area (Å²) in [5, 5.41) is 5.76. The van der Waals surface area contributed by atoms with Gasteiger partial charge in [0, 0.05) is 48.7 Å². The number of rotatable bonds is 7. The van der Waals surface area contributed by atoms with Crippen LogP contribution in [0, 0.1) is 11.6 Å². The van der Waals surface area contributed by atoms with Gasteiger partial charge in [-0.1, -0.05) is 22.0 Å². The molecule has 2 aromatic carbocycles. The molecular formula is C22H24BrF2N3O2. The molecule has 0 saturated carbocycles. The summed E-state index contributed by atoms with van der Waals surface area (Å²) in [5.74, 6) is -1.97. The minimum Gasteiger partial charge on any atom is -0.353 e. The molecule has 0 radical (unpaired) electrons. The molecule has 1 aliphatic heterocycles. The van der Waals surface area contributed by atoms with Gasteiger partial charge in [0.25, 0.3) is 5.91 Å². The Morgan fingerprint density at radius 3 is 2.40 bits per heavy atom. The molecule has 1 fully saturated rings. The van der Waals surface area contributed by atoms with E-state index in [9.17, 15) is 18.4 Å². The van der Waals surface area contributed by atoms with Crippen molar-refractivity contribution in [2.45, 2.75) is 31.8 Å². The van der Waals surface area contributed by atoms with Crippen LogP contribution in [-0.4, -0.2) is 42.4 Å². The molecule has 2 aromatic rings. The van der Waals surface area contributed by atoms with Crippen molar-refractivity contribution < 1.29 is 18.4 Å². The SMILES string of the molecule is O=C(CCNC(=O)c1ccc(Br)cc1)NC1CCN(Cc2ccc(F)c(F)c2)CC1. The first-order valence-electron chi connectivity index (χ1n) is 9.90. The molecule has 8 heteroatoms. The van der Waals surface area contributed by atoms with Crippen LogP contribution in [0.25, 0.3) is 0 Å². The molecule has 0 aromatic heterocycles. The van der Waals surface area contributed by atoms with Crippen LogP contribution in [0.1, 0.15) is 35.2 Å². The summed E-state index contributed by atoms with van der Waals surface area (Å²) in [4.78, 5) is 26.4. The van der Waals surface area contributed by atoms with Crippen molar-refractivity contribution in [3.63, 3.8) is 0 Å². The summed E-state index contributed by atoms with van der Waals surface area (Å²) >= 11 is 3.32. The van der Waals surface area contributed by atoms with Gasteiger partial charge in [-0.3, -0.25) is 14.5 Å². The van der Waals surface area contributed by atoms with Crippen molar-refractivity contribution in [2.24, 2.45) is 0 Å². The Morgan fingerprint density at radius 2 is 1.73 bits per heavy atom. The fourth-order valence-electron chi connectivity index (χ4n) is 3.42. The maximum atomic E-state index is 13.3. The van der Waals surface area contributed by atoms with Crippen LogP contribution in [0.15, 0.2) is 46.9 Å². The highest BCUT2D eigenvalue weighted by molar-refractivity contribution is 9.10. The molecule has 2 amide bonds. The van der Waals surface area contributed by atoms with Gasteiger partial charge in [-0.2, -0.15) is 0 Å². The van der Waals surface area contributed by atoms with E-state index in [2.05, 4.69) is 31.5 Å². The number of benzene rings is 2. The highest BCUT2D eigenvalue weighted by Crippen LogP contribution is 2.16. The van der Waals surface area contributed by atoms with Crippen molar-refractivity contribution in [2.75, 3.05) is 19.6 Å². The minimum atomic E-state index is -0.840. The van der Waals surface area contributed by atoms with Gasteiger partial charge in [-0.15, -0.1) is 0 Å². The van der Waals surface area contributed by atoms with Crippen molar-refractivity contribution in [1.29, 1.82) is 0 Å². The number of carbonyl (C=O) groups excluding carboxylic acids is 2. The summed E-state index contributed by atoms with van der Waals surface area (Å²) in [6, 6.07) is 11.1. The second kappa shape index (κ2) is 10.6. The zero-order valence-corrected chi connectivity index (χ0v) is 18.1. The Hall–Kier alpha value is -2.32. The monoisotopic (exact) mass is 479 g/mol. The van der Waals surface area contributed by atoms with Gasteiger partial charge >= 0.3 is 0 Å². The zero-order valence-electron chi connectivity index (χ0n) is 16.5. The van der Waals surface area contributed by atoms with E-state index in [-0.39, 0.29) is 30.8 Å². The Morgan fingerprint density at radius 1 is 1.03 bits per heavy atom. The molecule has 1 heterocycles. The highest BCUT2D eigenvalue weighted by Gasteiger charge is 2.21. The summed E-state index contributed by atoms with van der Waals surface area (Å²) in [7, 11) is 0. The van der Waals surface area contributed by atoms with E-state index in [0.29, 0.717) is 12.1 Å². The molecule has 0 atom stereocenters. The van der Waals surface area contributed by atoms with E-state index in [1.807, 2.05) is 0 Å². The lowest BCUT2D eigenvalue weighted by Crippen LogP contribution is -2.45. The lowest BCUT2D eigenvalue weighted by Gasteiger charge is -2.32. The number of nitrogens with one attached hydrogen (secondary N) is 2. The van der Waals surface area contributed by atoms with E-state index >= 15 is 0 Å². The number of amides is 2. The van der Waals surface area contributed by atoms with Gasteiger partial charge in [-0.05, 0) is 54.8 Å². The Labute approximate surface area is 183 Å². The molecule has 1 saturated heterocycles. The second-order valence-electron chi connectivity index (χ2n) is 7.38. The third kappa shape index (κ3) is 6.60. The van der Waals surface area contributed by atoms with Crippen LogP contribution in [0.5, 0.6) is 0 Å². The average Bonchev–Trinajstić information content (AvgIpc) is 2.72. The lowest BCUT2D eigenvalue weighted by molar-refractivity contribution is -0.122. The second-order valence-corrected chi connectivity index (χ2v) is 8.29. The quantitative estimate of drug-likeness (QED) is 0.637. The van der Waals surface area contributed by atoms with Gasteiger partial charge in [0.15, 0.2) is 11.6 Å². The van der Waals surface area contributed by atoms with Gasteiger partial charge in [0.2, 0.25) is 5.91 Å². The third-order valence-corrected chi connectivity index (χ3v) is 5.62. The lowest BCUT2D eigenvalue weighted by atomic mass is 10.0. The van der Waals surface area contributed by atoms with E-state index in [1.54, 1.807) is 30.3 Å². The molecule has 30 heavy (non-hydrogen) atoms. The van der Waals surface area contributed by atoms with Crippen molar-refractivity contribution in [1.82, 2.24) is 15.5 Å². The fourth-order valence-corrected chi connectivity index (χ4v) is 3.69. The number of carbonyl (C=O) groups is 2. The van der Waals surface area contributed by atoms with E-state index in [1.165, 1.54) is 6.07 Å². The van der Waals surface area contributed by atoms with Crippen molar-refractivity contribution in [3.8, 4) is 0 Å². The van der Waals surface area contributed by atoms with Crippen LogP contribution < -0.4 is 10.6 Å². The maximum absolute atomic E-state index is 13.3. The molecule has 160 valence electrons. The molecular weight excluding hydrogens is 456 g/mol. The predicted octanol–water partition coefficient (Wildman–Crippen LogP) is 3.63. The molecule has 0 bridgehead atoms. The molecule has 0 spiro atoms. The van der Waals surface area contributed by atoms with Crippen LogP contribution in [0.4, 0.5) is 8.78 Å². The standard InChI is InChI=1S/C22H24BrF2N3O2/c23-17-4-2-16(3-5-17)22(30)26-10-7-21(29)27-18-8-11-28(12-9-18)14-15-1-6-19(24)20(25)13-15/h1-6,13,18H,7-12,14H2,(H,26,30)(H,27,29). The maximum Gasteiger partial charge on any atom is 0.251 e. The number of hydrogen-bond acceptors (Lipinski definition) is 3. The number of piperidine rings is 1. The van der Waals surface area contributed by atoms with Crippen LogP contribution >= 0.6 is 15.9 Å². The number of likely N-dealkylation sites (tertiary alicyclic amines) is 1. The summed E-state index contributed by atoms with van der Waals surface area (Å²) in [6.45, 7) is 2.37. The Kier molecular flexibility index (Phi) is 7.93. The molecule has 2 N–H and O–H groups in total. The topological polar surface area (TPSA) is 61.4 Å².